The quantitative estimate of drug-likeness (QED) is 0.723. The topological polar surface area (TPSA) is 18.5 Å². The molecule has 0 fully saturated rings. The summed E-state index contributed by atoms with van der Waals surface area (Å²) in [7, 11) is -1.38. The van der Waals surface area contributed by atoms with Gasteiger partial charge in [0.1, 0.15) is 5.75 Å². The van der Waals surface area contributed by atoms with Gasteiger partial charge in [-0.3, -0.25) is 0 Å². The molecule has 0 aliphatic rings. The van der Waals surface area contributed by atoms with Crippen LogP contribution in [0.25, 0.3) is 0 Å². The zero-order valence-electron chi connectivity index (χ0n) is 9.45. The van der Waals surface area contributed by atoms with Crippen LogP contribution in [-0.2, 0) is 4.52 Å². The second-order valence-corrected chi connectivity index (χ2v) is 5.94. The third-order valence-corrected chi connectivity index (χ3v) is 3.00. The Hall–Kier alpha value is -0.300. The van der Waals surface area contributed by atoms with Crippen molar-refractivity contribution in [2.75, 3.05) is 0 Å². The minimum absolute atomic E-state index is 0.280. The maximum Gasteiger partial charge on any atom is 0.338 e. The third-order valence-electron chi connectivity index (χ3n) is 1.54. The van der Waals surface area contributed by atoms with Crippen LogP contribution >= 0.6 is 19.0 Å². The molecule has 0 saturated carbocycles. The summed E-state index contributed by atoms with van der Waals surface area (Å²) in [6.07, 6.45) is 0. The predicted molar refractivity (Wildman–Crippen MR) is 65.4 cm³/mol. The Kier molecular flexibility index (Phi) is 4.39. The lowest BCUT2D eigenvalue weighted by molar-refractivity contribution is 0.140. The van der Waals surface area contributed by atoms with Crippen LogP contribution in [0.15, 0.2) is 24.3 Å². The van der Waals surface area contributed by atoms with E-state index in [1.165, 1.54) is 5.56 Å². The van der Waals surface area contributed by atoms with Gasteiger partial charge in [0, 0.05) is 0 Å². The highest BCUT2D eigenvalue weighted by molar-refractivity contribution is 7.76. The number of hydrogen-bond acceptors (Lipinski definition) is 2. The average Bonchev–Trinajstić information content (AvgIpc) is 2.05. The normalized spacial score (nSPS) is 13.7. The van der Waals surface area contributed by atoms with Crippen LogP contribution in [0.4, 0.5) is 0 Å². The summed E-state index contributed by atoms with van der Waals surface area (Å²) in [5.74, 6) is 0.742. The molecule has 2 nitrogen and oxygen atoms in total. The number of aryl methyl sites for hydroxylation is 1. The van der Waals surface area contributed by atoms with Crippen LogP contribution in [0, 0.1) is 6.92 Å². The molecular formula is C11H16ClO2P. The first-order chi connectivity index (χ1) is 6.87. The van der Waals surface area contributed by atoms with Crippen molar-refractivity contribution in [1.82, 2.24) is 0 Å². The van der Waals surface area contributed by atoms with Gasteiger partial charge in [-0.2, -0.15) is 0 Å². The molecule has 0 bridgehead atoms. The minimum Gasteiger partial charge on any atom is -0.436 e. The van der Waals surface area contributed by atoms with E-state index in [1.807, 2.05) is 52.0 Å². The van der Waals surface area contributed by atoms with Crippen LogP contribution in [0.3, 0.4) is 0 Å². The Morgan fingerprint density at radius 2 is 1.67 bits per heavy atom. The summed E-state index contributed by atoms with van der Waals surface area (Å²) >= 11 is 5.96. The van der Waals surface area contributed by atoms with Gasteiger partial charge in [-0.15, -0.1) is 0 Å². The number of halogens is 1. The molecule has 0 heterocycles. The van der Waals surface area contributed by atoms with Crippen molar-refractivity contribution in [3.63, 3.8) is 0 Å². The second kappa shape index (κ2) is 5.16. The largest absolute Gasteiger partial charge is 0.436 e. The number of rotatable bonds is 3. The molecule has 1 aromatic carbocycles. The molecule has 1 unspecified atom stereocenters. The van der Waals surface area contributed by atoms with Gasteiger partial charge in [0.2, 0.25) is 0 Å². The molecule has 0 N–H and O–H groups in total. The molecule has 0 amide bonds. The molecule has 4 heteroatoms. The Morgan fingerprint density at radius 3 is 2.13 bits per heavy atom. The number of hydrogen-bond donors (Lipinski definition) is 0. The average molecular weight is 247 g/mol. The summed E-state index contributed by atoms with van der Waals surface area (Å²) in [6.45, 7) is 7.87. The maximum atomic E-state index is 5.96. The summed E-state index contributed by atoms with van der Waals surface area (Å²) in [4.78, 5) is 0. The van der Waals surface area contributed by atoms with Crippen molar-refractivity contribution in [2.24, 2.45) is 0 Å². The highest BCUT2D eigenvalue weighted by Gasteiger charge is 2.19. The molecule has 1 rings (SSSR count). The van der Waals surface area contributed by atoms with Crippen LogP contribution in [-0.4, -0.2) is 5.60 Å². The first-order valence-corrected chi connectivity index (χ1v) is 6.85. The van der Waals surface area contributed by atoms with Gasteiger partial charge in [-0.05, 0) is 51.1 Å². The highest BCUT2D eigenvalue weighted by atomic mass is 35.7. The molecule has 15 heavy (non-hydrogen) atoms. The fourth-order valence-electron chi connectivity index (χ4n) is 0.916. The molecule has 1 atom stereocenters. The molecule has 0 aliphatic carbocycles. The number of benzene rings is 1. The second-order valence-electron chi connectivity index (χ2n) is 4.32. The predicted octanol–water partition coefficient (Wildman–Crippen LogP) is 4.65. The summed E-state index contributed by atoms with van der Waals surface area (Å²) in [5, 5.41) is 0. The maximum absolute atomic E-state index is 5.96. The Balaban J connectivity index is 2.51. The van der Waals surface area contributed by atoms with Gasteiger partial charge in [-0.1, -0.05) is 17.7 Å². The standard InChI is InChI=1S/C11H16ClO2P/c1-9-5-7-10(8-6-9)13-15(12)14-11(2,3)4/h5-8H,1-4H3. The zero-order valence-corrected chi connectivity index (χ0v) is 11.1. The van der Waals surface area contributed by atoms with E-state index in [9.17, 15) is 0 Å². The third kappa shape index (κ3) is 5.36. The Bertz CT molecular complexity index is 305. The molecule has 0 saturated heterocycles. The fraction of sp³-hybridized carbons (Fsp3) is 0.455. The fourth-order valence-corrected chi connectivity index (χ4v) is 2.53. The van der Waals surface area contributed by atoms with E-state index in [1.54, 1.807) is 0 Å². The lowest BCUT2D eigenvalue weighted by Crippen LogP contribution is -2.15. The van der Waals surface area contributed by atoms with E-state index in [4.69, 9.17) is 20.3 Å². The summed E-state index contributed by atoms with van der Waals surface area (Å²) < 4.78 is 10.9. The lowest BCUT2D eigenvalue weighted by atomic mass is 10.2. The first kappa shape index (κ1) is 12.8. The van der Waals surface area contributed by atoms with E-state index in [2.05, 4.69) is 0 Å². The van der Waals surface area contributed by atoms with Crippen LogP contribution in [0.2, 0.25) is 0 Å². The molecule has 0 aliphatic heterocycles. The Labute approximate surface area is 97.3 Å². The van der Waals surface area contributed by atoms with E-state index >= 15 is 0 Å². The van der Waals surface area contributed by atoms with Crippen LogP contribution < -0.4 is 4.52 Å². The SMILES string of the molecule is Cc1ccc(OP(Cl)OC(C)(C)C)cc1. The molecule has 0 spiro atoms. The summed E-state index contributed by atoms with van der Waals surface area (Å²) in [6, 6.07) is 7.73. The molecule has 0 radical (unpaired) electrons. The van der Waals surface area contributed by atoms with Crippen LogP contribution in [0.5, 0.6) is 5.75 Å². The summed E-state index contributed by atoms with van der Waals surface area (Å²) in [5.41, 5.74) is 0.913. The van der Waals surface area contributed by atoms with Crippen molar-refractivity contribution in [3.05, 3.63) is 29.8 Å². The smallest absolute Gasteiger partial charge is 0.338 e. The lowest BCUT2D eigenvalue weighted by Gasteiger charge is -2.22. The first-order valence-electron chi connectivity index (χ1n) is 4.76. The van der Waals surface area contributed by atoms with E-state index in [0.29, 0.717) is 0 Å². The molecule has 1 aromatic rings. The van der Waals surface area contributed by atoms with E-state index in [0.717, 1.165) is 5.75 Å². The Morgan fingerprint density at radius 1 is 1.13 bits per heavy atom. The van der Waals surface area contributed by atoms with Gasteiger partial charge in [0.25, 0.3) is 0 Å². The van der Waals surface area contributed by atoms with E-state index in [-0.39, 0.29) is 5.60 Å². The van der Waals surface area contributed by atoms with Crippen molar-refractivity contribution in [1.29, 1.82) is 0 Å². The zero-order chi connectivity index (χ0) is 11.5. The van der Waals surface area contributed by atoms with Crippen molar-refractivity contribution < 1.29 is 9.05 Å². The minimum atomic E-state index is -1.38. The highest BCUT2D eigenvalue weighted by Crippen LogP contribution is 2.47. The van der Waals surface area contributed by atoms with Gasteiger partial charge >= 0.3 is 7.73 Å². The van der Waals surface area contributed by atoms with Crippen molar-refractivity contribution in [2.45, 2.75) is 33.3 Å². The molecule has 0 aromatic heterocycles. The van der Waals surface area contributed by atoms with E-state index < -0.39 is 7.73 Å². The van der Waals surface area contributed by atoms with Gasteiger partial charge < -0.3 is 9.05 Å². The van der Waals surface area contributed by atoms with Gasteiger partial charge in [-0.25, -0.2) is 0 Å². The van der Waals surface area contributed by atoms with Gasteiger partial charge in [0.05, 0.1) is 5.60 Å². The van der Waals surface area contributed by atoms with Gasteiger partial charge in [0.15, 0.2) is 0 Å². The van der Waals surface area contributed by atoms with Crippen molar-refractivity contribution >= 4 is 19.0 Å². The monoisotopic (exact) mass is 246 g/mol. The molecule has 84 valence electrons. The van der Waals surface area contributed by atoms with Crippen molar-refractivity contribution in [3.8, 4) is 5.75 Å². The van der Waals surface area contributed by atoms with Crippen LogP contribution in [0.1, 0.15) is 26.3 Å². The molecular weight excluding hydrogens is 231 g/mol.